The highest BCUT2D eigenvalue weighted by Crippen LogP contribution is 2.25. The van der Waals surface area contributed by atoms with Crippen LogP contribution in [0.3, 0.4) is 0 Å². The molecule has 1 aliphatic heterocycles. The third kappa shape index (κ3) is 3.73. The molecule has 1 saturated heterocycles. The van der Waals surface area contributed by atoms with Crippen molar-refractivity contribution in [3.05, 3.63) is 29.3 Å². The second kappa shape index (κ2) is 6.75. The van der Waals surface area contributed by atoms with Crippen LogP contribution in [0.2, 0.25) is 0 Å². The lowest BCUT2D eigenvalue weighted by Crippen LogP contribution is -2.38. The van der Waals surface area contributed by atoms with Crippen molar-refractivity contribution in [3.63, 3.8) is 0 Å². The van der Waals surface area contributed by atoms with Gasteiger partial charge in [0.05, 0.1) is 0 Å². The van der Waals surface area contributed by atoms with E-state index in [1.807, 2.05) is 36.9 Å². The van der Waals surface area contributed by atoms with Gasteiger partial charge in [0.2, 0.25) is 0 Å². The maximum atomic E-state index is 12.1. The number of benzene rings is 1. The van der Waals surface area contributed by atoms with Crippen LogP contribution in [0.5, 0.6) is 5.75 Å². The molecule has 1 heterocycles. The Kier molecular flexibility index (Phi) is 5.01. The first-order chi connectivity index (χ1) is 9.58. The molecule has 0 bridgehead atoms. The molecular weight excluding hydrogens is 252 g/mol. The summed E-state index contributed by atoms with van der Waals surface area (Å²) >= 11 is 0. The second-order valence-electron chi connectivity index (χ2n) is 5.56. The lowest BCUT2D eigenvalue weighted by molar-refractivity contribution is -0.134. The monoisotopic (exact) mass is 276 g/mol. The molecule has 0 aromatic heterocycles. The molecule has 1 unspecified atom stereocenters. The number of piperidine rings is 1. The van der Waals surface area contributed by atoms with Crippen molar-refractivity contribution in [3.8, 4) is 5.75 Å². The molecule has 20 heavy (non-hydrogen) atoms. The minimum Gasteiger partial charge on any atom is -0.483 e. The number of nitrogens with zero attached hydrogens (tertiary/aromatic N) is 1. The number of ether oxygens (including phenoxy) is 1. The van der Waals surface area contributed by atoms with E-state index in [4.69, 9.17) is 10.5 Å². The molecular formula is C16H24N2O2. The Hall–Kier alpha value is -1.55. The van der Waals surface area contributed by atoms with Crippen molar-refractivity contribution in [1.82, 2.24) is 4.90 Å². The predicted molar refractivity (Wildman–Crippen MR) is 79.7 cm³/mol. The van der Waals surface area contributed by atoms with Crippen LogP contribution in [0.1, 0.15) is 43.4 Å². The van der Waals surface area contributed by atoms with Crippen molar-refractivity contribution in [2.75, 3.05) is 19.7 Å². The van der Waals surface area contributed by atoms with Crippen LogP contribution in [0.4, 0.5) is 0 Å². The maximum Gasteiger partial charge on any atom is 0.260 e. The summed E-state index contributed by atoms with van der Waals surface area (Å²) in [6.45, 7) is 5.76. The van der Waals surface area contributed by atoms with Crippen molar-refractivity contribution in [2.24, 2.45) is 5.73 Å². The highest BCUT2D eigenvalue weighted by Gasteiger charge is 2.17. The van der Waals surface area contributed by atoms with Gasteiger partial charge in [-0.3, -0.25) is 4.79 Å². The lowest BCUT2D eigenvalue weighted by Gasteiger charge is -2.26. The summed E-state index contributed by atoms with van der Waals surface area (Å²) in [6, 6.07) is 5.80. The van der Waals surface area contributed by atoms with E-state index >= 15 is 0 Å². The Morgan fingerprint density at radius 1 is 1.35 bits per heavy atom. The molecule has 0 spiro atoms. The van der Waals surface area contributed by atoms with E-state index in [0.29, 0.717) is 0 Å². The summed E-state index contributed by atoms with van der Waals surface area (Å²) in [5, 5.41) is 0. The van der Waals surface area contributed by atoms with E-state index in [1.54, 1.807) is 0 Å². The zero-order valence-corrected chi connectivity index (χ0v) is 12.4. The number of hydrogen-bond donors (Lipinski definition) is 1. The van der Waals surface area contributed by atoms with E-state index < -0.39 is 0 Å². The third-order valence-corrected chi connectivity index (χ3v) is 3.72. The molecule has 0 radical (unpaired) electrons. The Bertz CT molecular complexity index is 466. The van der Waals surface area contributed by atoms with Gasteiger partial charge >= 0.3 is 0 Å². The van der Waals surface area contributed by atoms with Crippen molar-refractivity contribution < 1.29 is 9.53 Å². The number of aryl methyl sites for hydroxylation is 1. The average molecular weight is 276 g/mol. The molecule has 1 aromatic rings. The molecule has 2 rings (SSSR count). The SMILES string of the molecule is Cc1ccc(OCC(=O)N2CCCCC2)c(C(C)N)c1. The number of amides is 1. The molecule has 0 aliphatic carbocycles. The van der Waals surface area contributed by atoms with Crippen LogP contribution < -0.4 is 10.5 Å². The minimum absolute atomic E-state index is 0.0703. The van der Waals surface area contributed by atoms with Crippen LogP contribution in [0, 0.1) is 6.92 Å². The van der Waals surface area contributed by atoms with Gasteiger partial charge in [0, 0.05) is 24.7 Å². The van der Waals surface area contributed by atoms with E-state index in [0.717, 1.165) is 42.8 Å². The molecule has 0 saturated carbocycles. The molecule has 4 heteroatoms. The number of hydrogen-bond acceptors (Lipinski definition) is 3. The quantitative estimate of drug-likeness (QED) is 0.918. The van der Waals surface area contributed by atoms with E-state index in [1.165, 1.54) is 6.42 Å². The zero-order valence-electron chi connectivity index (χ0n) is 12.4. The Morgan fingerprint density at radius 2 is 2.05 bits per heavy atom. The fourth-order valence-electron chi connectivity index (χ4n) is 2.53. The number of carbonyl (C=O) groups excluding carboxylic acids is 1. The number of likely N-dealkylation sites (tertiary alicyclic amines) is 1. The first-order valence-corrected chi connectivity index (χ1v) is 7.34. The maximum absolute atomic E-state index is 12.1. The van der Waals surface area contributed by atoms with Crippen LogP contribution in [-0.4, -0.2) is 30.5 Å². The van der Waals surface area contributed by atoms with E-state index in [9.17, 15) is 4.79 Å². The van der Waals surface area contributed by atoms with Gasteiger partial charge in [0.25, 0.3) is 5.91 Å². The molecule has 1 aromatic carbocycles. The largest absolute Gasteiger partial charge is 0.483 e. The van der Waals surface area contributed by atoms with Gasteiger partial charge in [0.15, 0.2) is 6.61 Å². The minimum atomic E-state index is -0.102. The first kappa shape index (κ1) is 14.9. The summed E-state index contributed by atoms with van der Waals surface area (Å²) in [4.78, 5) is 14.0. The normalized spacial score (nSPS) is 16.9. The summed E-state index contributed by atoms with van der Waals surface area (Å²) in [5.74, 6) is 0.789. The molecule has 2 N–H and O–H groups in total. The highest BCUT2D eigenvalue weighted by atomic mass is 16.5. The molecule has 1 atom stereocenters. The van der Waals surface area contributed by atoms with E-state index in [2.05, 4.69) is 0 Å². The van der Waals surface area contributed by atoms with Crippen molar-refractivity contribution in [2.45, 2.75) is 39.2 Å². The lowest BCUT2D eigenvalue weighted by atomic mass is 10.1. The number of carbonyl (C=O) groups is 1. The molecule has 1 fully saturated rings. The zero-order chi connectivity index (χ0) is 14.5. The second-order valence-corrected chi connectivity index (χ2v) is 5.56. The van der Waals surface area contributed by atoms with Crippen LogP contribution >= 0.6 is 0 Å². The summed E-state index contributed by atoms with van der Waals surface area (Å²) < 4.78 is 5.70. The van der Waals surface area contributed by atoms with Crippen molar-refractivity contribution in [1.29, 1.82) is 0 Å². The number of nitrogens with two attached hydrogens (primary N) is 1. The van der Waals surface area contributed by atoms with Gasteiger partial charge in [-0.15, -0.1) is 0 Å². The van der Waals surface area contributed by atoms with Crippen LogP contribution in [-0.2, 0) is 4.79 Å². The van der Waals surface area contributed by atoms with Gasteiger partial charge in [-0.05, 0) is 39.2 Å². The standard InChI is InChI=1S/C16H24N2O2/c1-12-6-7-15(14(10-12)13(2)17)20-11-16(19)18-8-4-3-5-9-18/h6-7,10,13H,3-5,8-9,11,17H2,1-2H3. The van der Waals surface area contributed by atoms with Gasteiger partial charge < -0.3 is 15.4 Å². The summed E-state index contributed by atoms with van der Waals surface area (Å²) in [6.07, 6.45) is 3.42. The Balaban J connectivity index is 1.98. The Morgan fingerprint density at radius 3 is 2.70 bits per heavy atom. The van der Waals surface area contributed by atoms with Crippen molar-refractivity contribution >= 4 is 5.91 Å². The van der Waals surface area contributed by atoms with Crippen LogP contribution in [0.25, 0.3) is 0 Å². The van der Waals surface area contributed by atoms with Gasteiger partial charge in [0.1, 0.15) is 5.75 Å². The van der Waals surface area contributed by atoms with Gasteiger partial charge in [-0.25, -0.2) is 0 Å². The molecule has 1 aliphatic rings. The summed E-state index contributed by atoms with van der Waals surface area (Å²) in [7, 11) is 0. The number of rotatable bonds is 4. The molecule has 1 amide bonds. The molecule has 4 nitrogen and oxygen atoms in total. The molecule has 110 valence electrons. The fourth-order valence-corrected chi connectivity index (χ4v) is 2.53. The fraction of sp³-hybridized carbons (Fsp3) is 0.562. The third-order valence-electron chi connectivity index (χ3n) is 3.72. The Labute approximate surface area is 120 Å². The summed E-state index contributed by atoms with van der Waals surface area (Å²) in [5.41, 5.74) is 8.06. The van der Waals surface area contributed by atoms with E-state index in [-0.39, 0.29) is 18.6 Å². The van der Waals surface area contributed by atoms with Crippen LogP contribution in [0.15, 0.2) is 18.2 Å². The average Bonchev–Trinajstić information content (AvgIpc) is 2.46. The first-order valence-electron chi connectivity index (χ1n) is 7.34. The topological polar surface area (TPSA) is 55.6 Å². The smallest absolute Gasteiger partial charge is 0.260 e. The van der Waals surface area contributed by atoms with Gasteiger partial charge in [-0.2, -0.15) is 0 Å². The highest BCUT2D eigenvalue weighted by molar-refractivity contribution is 5.77. The predicted octanol–water partition coefficient (Wildman–Crippen LogP) is 2.41. The van der Waals surface area contributed by atoms with Gasteiger partial charge in [-0.1, -0.05) is 17.7 Å².